The van der Waals surface area contributed by atoms with Crippen LogP contribution in [-0.4, -0.2) is 16.9 Å². The third-order valence-electron chi connectivity index (χ3n) is 5.62. The third-order valence-corrected chi connectivity index (χ3v) is 5.62. The second kappa shape index (κ2) is 9.77. The van der Waals surface area contributed by atoms with Crippen LogP contribution in [-0.2, 0) is 11.0 Å². The fourth-order valence-corrected chi connectivity index (χ4v) is 3.97. The summed E-state index contributed by atoms with van der Waals surface area (Å²) < 4.78 is 53.0. The number of H-pyrrole nitrogens is 1. The van der Waals surface area contributed by atoms with Gasteiger partial charge >= 0.3 is 12.2 Å². The Morgan fingerprint density at radius 1 is 0.842 bits per heavy atom. The van der Waals surface area contributed by atoms with E-state index in [2.05, 4.69) is 26.3 Å². The summed E-state index contributed by atoms with van der Waals surface area (Å²) in [7, 11) is 0. The number of fused-ring (bicyclic) bond motifs is 1. The highest BCUT2D eigenvalue weighted by atomic mass is 19.4. The summed E-state index contributed by atoms with van der Waals surface area (Å²) in [5, 5.41) is 10.5. The number of alkyl halides is 3. The molecule has 192 valence electrons. The first-order valence-electron chi connectivity index (χ1n) is 11.3. The molecule has 0 saturated carbocycles. The van der Waals surface area contributed by atoms with Crippen molar-refractivity contribution in [2.24, 2.45) is 0 Å². The number of anilines is 5. The summed E-state index contributed by atoms with van der Waals surface area (Å²) in [5.41, 5.74) is 2.50. The Hall–Kier alpha value is -5.06. The molecule has 0 unspecified atom stereocenters. The Balaban J connectivity index is 1.30. The van der Waals surface area contributed by atoms with Crippen molar-refractivity contribution in [2.75, 3.05) is 21.3 Å². The van der Waals surface area contributed by atoms with Gasteiger partial charge in [-0.1, -0.05) is 12.1 Å². The van der Waals surface area contributed by atoms with Crippen LogP contribution in [0.5, 0.6) is 0 Å². The molecule has 0 spiro atoms. The summed E-state index contributed by atoms with van der Waals surface area (Å²) in [6.07, 6.45) is -1.06. The van der Waals surface area contributed by atoms with Crippen LogP contribution in [0.15, 0.2) is 79.0 Å². The first-order chi connectivity index (χ1) is 18.1. The minimum atomic E-state index is -4.56. The van der Waals surface area contributed by atoms with Gasteiger partial charge in [-0.2, -0.15) is 13.2 Å². The molecule has 38 heavy (non-hydrogen) atoms. The van der Waals surface area contributed by atoms with E-state index < -0.39 is 23.6 Å². The molecule has 0 aliphatic carbocycles. The number of nitrogens with one attached hydrogen (secondary N) is 5. The van der Waals surface area contributed by atoms with Crippen LogP contribution in [0, 0.1) is 5.82 Å². The number of benzene rings is 3. The predicted molar refractivity (Wildman–Crippen MR) is 138 cm³/mol. The summed E-state index contributed by atoms with van der Waals surface area (Å²) in [5.74, 6) is -0.911. The molecule has 3 aromatic carbocycles. The highest BCUT2D eigenvalue weighted by molar-refractivity contribution is 6.35. The van der Waals surface area contributed by atoms with Gasteiger partial charge in [-0.15, -0.1) is 0 Å². The molecule has 0 bridgehead atoms. The van der Waals surface area contributed by atoms with Gasteiger partial charge in [0.25, 0.3) is 5.91 Å². The van der Waals surface area contributed by atoms with E-state index in [1.165, 1.54) is 24.3 Å². The zero-order chi connectivity index (χ0) is 26.9. The molecule has 1 aliphatic heterocycles. The predicted octanol–water partition coefficient (Wildman–Crippen LogP) is 7.05. The second-order valence-corrected chi connectivity index (χ2v) is 8.41. The molecule has 5 rings (SSSR count). The van der Waals surface area contributed by atoms with Crippen molar-refractivity contribution in [3.63, 3.8) is 0 Å². The summed E-state index contributed by atoms with van der Waals surface area (Å²) >= 11 is 0. The number of aromatic amines is 1. The van der Waals surface area contributed by atoms with Crippen LogP contribution < -0.4 is 21.3 Å². The van der Waals surface area contributed by atoms with Crippen LogP contribution in [0.1, 0.15) is 16.8 Å². The average Bonchev–Trinajstić information content (AvgIpc) is 3.46. The van der Waals surface area contributed by atoms with E-state index in [-0.39, 0.29) is 17.3 Å². The molecule has 1 aliphatic rings. The van der Waals surface area contributed by atoms with E-state index in [9.17, 15) is 27.2 Å². The molecule has 4 aromatic rings. The lowest BCUT2D eigenvalue weighted by molar-refractivity contribution is -0.137. The standard InChI is InChI=1S/C27H19F4N5O2/c28-16-10-20(12-21(11-16)35-26(38)34-18-4-1-3-15(9-18)27(29,30)31)33-19-6-7-22-23(13-17-5-2-8-32-17)25(37)36-24(22)14-19/h1-14,32-33H,(H,36,37)(H2,34,35,38). The largest absolute Gasteiger partial charge is 0.416 e. The maximum atomic E-state index is 14.3. The molecule has 0 radical (unpaired) electrons. The van der Waals surface area contributed by atoms with Crippen molar-refractivity contribution in [1.82, 2.24) is 4.98 Å². The fraction of sp³-hybridized carbons (Fsp3) is 0.0370. The zero-order valence-corrected chi connectivity index (χ0v) is 19.4. The number of amides is 3. The monoisotopic (exact) mass is 521 g/mol. The molecule has 5 N–H and O–H groups in total. The fourth-order valence-electron chi connectivity index (χ4n) is 3.97. The highest BCUT2D eigenvalue weighted by Gasteiger charge is 2.30. The Morgan fingerprint density at radius 3 is 2.39 bits per heavy atom. The number of carbonyl (C=O) groups excluding carboxylic acids is 2. The van der Waals surface area contributed by atoms with E-state index in [0.717, 1.165) is 23.9 Å². The maximum Gasteiger partial charge on any atom is 0.416 e. The van der Waals surface area contributed by atoms with Gasteiger partial charge in [0.05, 0.1) is 16.8 Å². The van der Waals surface area contributed by atoms with Crippen molar-refractivity contribution in [3.8, 4) is 0 Å². The Labute approximate surface area is 213 Å². The van der Waals surface area contributed by atoms with Gasteiger partial charge in [0.15, 0.2) is 0 Å². The molecule has 0 atom stereocenters. The minimum absolute atomic E-state index is 0.0719. The molecule has 7 nitrogen and oxygen atoms in total. The topological polar surface area (TPSA) is 98.1 Å². The van der Waals surface area contributed by atoms with Gasteiger partial charge < -0.3 is 26.3 Å². The SMILES string of the molecule is O=C(Nc1cc(F)cc(Nc2ccc3c(c2)NC(=O)C3=Cc2ccc[nH]2)c1)Nc1cccc(C(F)(F)F)c1. The van der Waals surface area contributed by atoms with Crippen molar-refractivity contribution in [1.29, 1.82) is 0 Å². The number of halogens is 4. The van der Waals surface area contributed by atoms with Gasteiger partial charge in [0.1, 0.15) is 5.82 Å². The number of aromatic nitrogens is 1. The maximum absolute atomic E-state index is 14.3. The molecule has 1 aromatic heterocycles. The van der Waals surface area contributed by atoms with Gasteiger partial charge in [-0.3, -0.25) is 4.79 Å². The average molecular weight is 521 g/mol. The van der Waals surface area contributed by atoms with Gasteiger partial charge in [-0.05, 0) is 66.7 Å². The van der Waals surface area contributed by atoms with Crippen LogP contribution >= 0.6 is 0 Å². The molecular weight excluding hydrogens is 502 g/mol. The molecule has 0 saturated heterocycles. The highest BCUT2D eigenvalue weighted by Crippen LogP contribution is 2.36. The van der Waals surface area contributed by atoms with Crippen LogP contribution in [0.2, 0.25) is 0 Å². The molecule has 3 amide bonds. The van der Waals surface area contributed by atoms with Crippen LogP contribution in [0.3, 0.4) is 0 Å². The number of hydrogen-bond donors (Lipinski definition) is 5. The number of rotatable bonds is 5. The van der Waals surface area contributed by atoms with Crippen molar-refractivity contribution in [2.45, 2.75) is 6.18 Å². The smallest absolute Gasteiger partial charge is 0.362 e. The Morgan fingerprint density at radius 2 is 1.63 bits per heavy atom. The first-order valence-corrected chi connectivity index (χ1v) is 11.3. The second-order valence-electron chi connectivity index (χ2n) is 8.41. The van der Waals surface area contributed by atoms with Crippen LogP contribution in [0.25, 0.3) is 11.6 Å². The Bertz CT molecular complexity index is 1560. The Kier molecular flexibility index (Phi) is 6.33. The van der Waals surface area contributed by atoms with Crippen molar-refractivity contribution < 1.29 is 27.2 Å². The quantitative estimate of drug-likeness (QED) is 0.144. The van der Waals surface area contributed by atoms with E-state index in [4.69, 9.17) is 0 Å². The van der Waals surface area contributed by atoms with E-state index >= 15 is 0 Å². The first kappa shape index (κ1) is 24.6. The summed E-state index contributed by atoms with van der Waals surface area (Å²) in [6.45, 7) is 0. The lowest BCUT2D eigenvalue weighted by Gasteiger charge is -2.13. The molecule has 2 heterocycles. The van der Waals surface area contributed by atoms with Crippen molar-refractivity contribution >= 4 is 52.0 Å². The normalized spacial score (nSPS) is 13.7. The third kappa shape index (κ3) is 5.51. The van der Waals surface area contributed by atoms with Gasteiger partial charge in [0.2, 0.25) is 0 Å². The van der Waals surface area contributed by atoms with Crippen molar-refractivity contribution in [3.05, 3.63) is 102 Å². The summed E-state index contributed by atoms with van der Waals surface area (Å²) in [4.78, 5) is 27.8. The van der Waals surface area contributed by atoms with Gasteiger partial charge in [0, 0.05) is 40.2 Å². The molecular formula is C27H19F4N5O2. The van der Waals surface area contributed by atoms with Gasteiger partial charge in [-0.25, -0.2) is 9.18 Å². The lowest BCUT2D eigenvalue weighted by Crippen LogP contribution is -2.20. The van der Waals surface area contributed by atoms with E-state index in [1.54, 1.807) is 30.5 Å². The van der Waals surface area contributed by atoms with E-state index in [1.807, 2.05) is 12.1 Å². The zero-order valence-electron chi connectivity index (χ0n) is 19.4. The number of hydrogen-bond acceptors (Lipinski definition) is 3. The number of carbonyl (C=O) groups is 2. The lowest BCUT2D eigenvalue weighted by atomic mass is 10.1. The number of urea groups is 1. The van der Waals surface area contributed by atoms with Crippen LogP contribution in [0.4, 0.5) is 50.8 Å². The summed E-state index contributed by atoms with van der Waals surface area (Å²) in [6, 6.07) is 15.9. The minimum Gasteiger partial charge on any atom is -0.362 e. The molecule has 0 fully saturated rings. The van der Waals surface area contributed by atoms with E-state index in [0.29, 0.717) is 28.2 Å². The molecule has 11 heteroatoms.